The lowest BCUT2D eigenvalue weighted by atomic mass is 10.0. The van der Waals surface area contributed by atoms with Gasteiger partial charge in [-0.2, -0.15) is 0 Å². The summed E-state index contributed by atoms with van der Waals surface area (Å²) in [6.07, 6.45) is 3.28. The van der Waals surface area contributed by atoms with Gasteiger partial charge in [-0.3, -0.25) is 9.69 Å². The Bertz CT molecular complexity index is 1090. The van der Waals surface area contributed by atoms with Crippen molar-refractivity contribution in [2.75, 3.05) is 18.6 Å². The molecule has 3 rings (SSSR count). The first-order chi connectivity index (χ1) is 14.4. The SMILES string of the molecule is C=CCOc1cccc(/C=C2\C(=O)N(c3ccc(Cl)c(Cl)c3)C(C)=C2C(=O)OC)c1. The van der Waals surface area contributed by atoms with E-state index >= 15 is 0 Å². The molecule has 2 aromatic rings. The Morgan fingerprint density at radius 3 is 2.60 bits per heavy atom. The molecule has 7 heteroatoms. The van der Waals surface area contributed by atoms with Crippen molar-refractivity contribution in [3.8, 4) is 5.75 Å². The molecule has 0 fully saturated rings. The summed E-state index contributed by atoms with van der Waals surface area (Å²) in [6, 6.07) is 12.0. The van der Waals surface area contributed by atoms with Crippen LogP contribution in [0.1, 0.15) is 12.5 Å². The van der Waals surface area contributed by atoms with E-state index in [1.165, 1.54) is 12.0 Å². The quantitative estimate of drug-likeness (QED) is 0.339. The van der Waals surface area contributed by atoms with E-state index in [9.17, 15) is 9.59 Å². The molecule has 0 unspecified atom stereocenters. The van der Waals surface area contributed by atoms with E-state index in [-0.39, 0.29) is 17.1 Å². The maximum Gasteiger partial charge on any atom is 0.340 e. The van der Waals surface area contributed by atoms with Crippen LogP contribution in [0.5, 0.6) is 5.75 Å². The number of ether oxygens (including phenoxy) is 2. The fraction of sp³-hybridized carbons (Fsp3) is 0.130. The lowest BCUT2D eigenvalue weighted by Gasteiger charge is -2.18. The standard InChI is InChI=1S/C23H19Cl2NO4/c1-4-10-30-17-7-5-6-15(11-17)12-18-21(23(28)29-3)14(2)26(22(18)27)16-8-9-19(24)20(25)13-16/h4-9,11-13H,1,10H2,2-3H3/b18-12-. The summed E-state index contributed by atoms with van der Waals surface area (Å²) in [5.41, 5.74) is 2.04. The van der Waals surface area contributed by atoms with Gasteiger partial charge in [0.15, 0.2) is 0 Å². The summed E-state index contributed by atoms with van der Waals surface area (Å²) >= 11 is 12.1. The van der Waals surface area contributed by atoms with Crippen molar-refractivity contribution in [2.24, 2.45) is 0 Å². The molecule has 0 saturated carbocycles. The molecule has 2 aromatic carbocycles. The molecular weight excluding hydrogens is 425 g/mol. The third kappa shape index (κ3) is 4.27. The van der Waals surface area contributed by atoms with E-state index in [2.05, 4.69) is 6.58 Å². The van der Waals surface area contributed by atoms with Gasteiger partial charge in [0.2, 0.25) is 0 Å². The van der Waals surface area contributed by atoms with Gasteiger partial charge in [0.1, 0.15) is 12.4 Å². The summed E-state index contributed by atoms with van der Waals surface area (Å²) in [5.74, 6) is -0.353. The van der Waals surface area contributed by atoms with Crippen molar-refractivity contribution in [3.63, 3.8) is 0 Å². The number of carbonyl (C=O) groups excluding carboxylic acids is 2. The third-order valence-electron chi connectivity index (χ3n) is 4.49. The number of esters is 1. The average Bonchev–Trinajstić information content (AvgIpc) is 2.98. The first-order valence-electron chi connectivity index (χ1n) is 9.02. The van der Waals surface area contributed by atoms with Crippen LogP contribution in [0.4, 0.5) is 5.69 Å². The Morgan fingerprint density at radius 1 is 1.17 bits per heavy atom. The summed E-state index contributed by atoms with van der Waals surface area (Å²) < 4.78 is 10.5. The molecule has 1 aliphatic rings. The van der Waals surface area contributed by atoms with Crippen molar-refractivity contribution in [3.05, 3.63) is 87.6 Å². The number of anilines is 1. The van der Waals surface area contributed by atoms with E-state index < -0.39 is 5.97 Å². The number of rotatable bonds is 6. The van der Waals surface area contributed by atoms with Crippen molar-refractivity contribution >= 4 is 46.8 Å². The molecule has 0 aliphatic carbocycles. The number of hydrogen-bond donors (Lipinski definition) is 0. The fourth-order valence-electron chi connectivity index (χ4n) is 3.13. The summed E-state index contributed by atoms with van der Waals surface area (Å²) in [5, 5.41) is 0.674. The van der Waals surface area contributed by atoms with Crippen LogP contribution in [0.15, 0.2) is 72.0 Å². The molecular formula is C23H19Cl2NO4. The molecule has 0 N–H and O–H groups in total. The van der Waals surface area contributed by atoms with Crippen LogP contribution in [-0.2, 0) is 14.3 Å². The number of carbonyl (C=O) groups is 2. The van der Waals surface area contributed by atoms with Crippen LogP contribution in [0, 0.1) is 0 Å². The van der Waals surface area contributed by atoms with Crippen LogP contribution in [-0.4, -0.2) is 25.6 Å². The Kier molecular flexibility index (Phi) is 6.65. The minimum Gasteiger partial charge on any atom is -0.490 e. The number of amides is 1. The highest BCUT2D eigenvalue weighted by Crippen LogP contribution is 2.37. The topological polar surface area (TPSA) is 55.8 Å². The van der Waals surface area contributed by atoms with Gasteiger partial charge < -0.3 is 9.47 Å². The number of hydrogen-bond acceptors (Lipinski definition) is 4. The number of nitrogens with zero attached hydrogens (tertiary/aromatic N) is 1. The number of benzene rings is 2. The van der Waals surface area contributed by atoms with E-state index in [1.807, 2.05) is 6.07 Å². The molecule has 0 bridgehead atoms. The molecule has 1 amide bonds. The molecule has 0 atom stereocenters. The lowest BCUT2D eigenvalue weighted by Crippen LogP contribution is -2.24. The predicted octanol–water partition coefficient (Wildman–Crippen LogP) is 5.44. The molecule has 0 saturated heterocycles. The zero-order chi connectivity index (χ0) is 21.8. The Balaban J connectivity index is 2.08. The highest BCUT2D eigenvalue weighted by Gasteiger charge is 2.38. The molecule has 30 heavy (non-hydrogen) atoms. The largest absolute Gasteiger partial charge is 0.490 e. The predicted molar refractivity (Wildman–Crippen MR) is 119 cm³/mol. The van der Waals surface area contributed by atoms with Crippen LogP contribution < -0.4 is 9.64 Å². The number of halogens is 2. The molecule has 154 valence electrons. The monoisotopic (exact) mass is 443 g/mol. The molecule has 5 nitrogen and oxygen atoms in total. The molecule has 1 aliphatic heterocycles. The zero-order valence-corrected chi connectivity index (χ0v) is 18.0. The van der Waals surface area contributed by atoms with Crippen LogP contribution in [0.3, 0.4) is 0 Å². The summed E-state index contributed by atoms with van der Waals surface area (Å²) in [4.78, 5) is 27.2. The molecule has 0 spiro atoms. The fourth-order valence-corrected chi connectivity index (χ4v) is 3.42. The highest BCUT2D eigenvalue weighted by atomic mass is 35.5. The van der Waals surface area contributed by atoms with Gasteiger partial charge in [-0.15, -0.1) is 0 Å². The molecule has 0 aromatic heterocycles. The maximum absolute atomic E-state index is 13.3. The first-order valence-corrected chi connectivity index (χ1v) is 9.77. The normalized spacial score (nSPS) is 15.0. The minimum atomic E-state index is -0.603. The van der Waals surface area contributed by atoms with E-state index in [0.717, 1.165) is 0 Å². The summed E-state index contributed by atoms with van der Waals surface area (Å²) in [6.45, 7) is 5.66. The van der Waals surface area contributed by atoms with Crippen LogP contribution in [0.2, 0.25) is 10.0 Å². The van der Waals surface area contributed by atoms with Crippen LogP contribution >= 0.6 is 23.2 Å². The van der Waals surface area contributed by atoms with Gasteiger partial charge in [0.25, 0.3) is 5.91 Å². The van der Waals surface area contributed by atoms with Crippen molar-refractivity contribution in [1.82, 2.24) is 0 Å². The van der Waals surface area contributed by atoms with E-state index in [1.54, 1.807) is 55.5 Å². The second-order valence-corrected chi connectivity index (χ2v) is 7.24. The van der Waals surface area contributed by atoms with Gasteiger partial charge in [-0.05, 0) is 48.9 Å². The van der Waals surface area contributed by atoms with Crippen molar-refractivity contribution < 1.29 is 19.1 Å². The third-order valence-corrected chi connectivity index (χ3v) is 5.23. The lowest BCUT2D eigenvalue weighted by molar-refractivity contribution is -0.136. The Labute approximate surface area is 184 Å². The molecule has 0 radical (unpaired) electrons. The van der Waals surface area contributed by atoms with Gasteiger partial charge in [-0.25, -0.2) is 4.79 Å². The Hall–Kier alpha value is -3.02. The number of allylic oxidation sites excluding steroid dienone is 1. The maximum atomic E-state index is 13.3. The Morgan fingerprint density at radius 2 is 1.93 bits per heavy atom. The van der Waals surface area contributed by atoms with Gasteiger partial charge >= 0.3 is 5.97 Å². The van der Waals surface area contributed by atoms with E-state index in [4.69, 9.17) is 32.7 Å². The summed E-state index contributed by atoms with van der Waals surface area (Å²) in [7, 11) is 1.27. The second kappa shape index (κ2) is 9.20. The molecule has 1 heterocycles. The number of methoxy groups -OCH3 is 1. The van der Waals surface area contributed by atoms with Gasteiger partial charge in [0, 0.05) is 5.70 Å². The average molecular weight is 444 g/mol. The van der Waals surface area contributed by atoms with Crippen LogP contribution in [0.25, 0.3) is 6.08 Å². The van der Waals surface area contributed by atoms with Gasteiger partial charge in [0.05, 0.1) is 34.0 Å². The first kappa shape index (κ1) is 21.7. The zero-order valence-electron chi connectivity index (χ0n) is 16.4. The second-order valence-electron chi connectivity index (χ2n) is 6.42. The van der Waals surface area contributed by atoms with E-state index in [0.29, 0.717) is 39.3 Å². The van der Waals surface area contributed by atoms with Crippen molar-refractivity contribution in [1.29, 1.82) is 0 Å². The minimum absolute atomic E-state index is 0.186. The van der Waals surface area contributed by atoms with Crippen molar-refractivity contribution in [2.45, 2.75) is 6.92 Å². The van der Waals surface area contributed by atoms with Gasteiger partial charge in [-0.1, -0.05) is 48.0 Å². The smallest absolute Gasteiger partial charge is 0.340 e. The highest BCUT2D eigenvalue weighted by molar-refractivity contribution is 6.42.